The molecule has 0 spiro atoms. The van der Waals surface area contributed by atoms with Gasteiger partial charge in [0, 0.05) is 25.7 Å². The van der Waals surface area contributed by atoms with E-state index in [1.165, 1.54) is 6.92 Å². The zero-order chi connectivity index (χ0) is 14.1. The first-order valence-corrected chi connectivity index (χ1v) is 6.01. The Balaban J connectivity index is 0.000000191. The third-order valence-corrected chi connectivity index (χ3v) is 2.30. The lowest BCUT2D eigenvalue weighted by molar-refractivity contribution is 0.0981. The van der Waals surface area contributed by atoms with E-state index in [1.807, 2.05) is 13.0 Å². The fraction of sp³-hybridized carbons (Fsp3) is 0.200. The summed E-state index contributed by atoms with van der Waals surface area (Å²) < 4.78 is 0. The summed E-state index contributed by atoms with van der Waals surface area (Å²) in [5, 5.41) is 0. The molecule has 19 heavy (non-hydrogen) atoms. The van der Waals surface area contributed by atoms with E-state index in [4.69, 9.17) is 0 Å². The molecule has 0 aliphatic carbocycles. The van der Waals surface area contributed by atoms with Crippen LogP contribution in [-0.4, -0.2) is 21.5 Å². The fourth-order valence-electron chi connectivity index (χ4n) is 1.28. The van der Waals surface area contributed by atoms with Gasteiger partial charge in [0.05, 0.1) is 0 Å². The van der Waals surface area contributed by atoms with Gasteiger partial charge in [-0.05, 0) is 24.3 Å². The minimum Gasteiger partial charge on any atom is -0.293 e. The maximum atomic E-state index is 11.0. The molecule has 0 aliphatic rings. The predicted octanol–water partition coefficient (Wildman–Crippen LogP) is 2.96. The summed E-state index contributed by atoms with van der Waals surface area (Å²) in [4.78, 5) is 29.3. The molecule has 0 saturated carbocycles. The van der Waals surface area contributed by atoms with E-state index in [0.717, 1.165) is 0 Å². The normalized spacial score (nSPS) is 9.16. The van der Waals surface area contributed by atoms with Crippen LogP contribution < -0.4 is 0 Å². The monoisotopic (exact) mass is 256 g/mol. The van der Waals surface area contributed by atoms with Crippen LogP contribution in [0.1, 0.15) is 41.2 Å². The van der Waals surface area contributed by atoms with E-state index in [1.54, 1.807) is 42.7 Å². The van der Waals surface area contributed by atoms with Crippen molar-refractivity contribution < 1.29 is 9.59 Å². The topological polar surface area (TPSA) is 59.9 Å². The molecule has 2 rings (SSSR count). The smallest absolute Gasteiger partial charge is 0.180 e. The summed E-state index contributed by atoms with van der Waals surface area (Å²) in [6.45, 7) is 3.33. The molecule has 0 radical (unpaired) electrons. The molecule has 4 nitrogen and oxygen atoms in total. The zero-order valence-electron chi connectivity index (χ0n) is 11.0. The quantitative estimate of drug-likeness (QED) is 0.792. The molecule has 2 aromatic rings. The zero-order valence-corrected chi connectivity index (χ0v) is 11.0. The Bertz CT molecular complexity index is 524. The Morgan fingerprint density at radius 1 is 0.947 bits per heavy atom. The Hall–Kier alpha value is -2.36. The molecule has 0 atom stereocenters. The summed E-state index contributed by atoms with van der Waals surface area (Å²) in [6.07, 6.45) is 3.76. The van der Waals surface area contributed by atoms with Gasteiger partial charge in [-0.2, -0.15) is 0 Å². The molecular formula is C15H16N2O2. The fourth-order valence-corrected chi connectivity index (χ4v) is 1.28. The van der Waals surface area contributed by atoms with Crippen molar-refractivity contribution >= 4 is 11.6 Å². The minimum absolute atomic E-state index is 0.00981. The van der Waals surface area contributed by atoms with Crippen LogP contribution in [0.5, 0.6) is 0 Å². The van der Waals surface area contributed by atoms with Gasteiger partial charge in [0.1, 0.15) is 11.4 Å². The number of hydrogen-bond donors (Lipinski definition) is 0. The highest BCUT2D eigenvalue weighted by Gasteiger charge is 2.00. The Morgan fingerprint density at radius 2 is 1.47 bits per heavy atom. The average Bonchev–Trinajstić information content (AvgIpc) is 2.49. The number of pyridine rings is 2. The molecule has 0 fully saturated rings. The van der Waals surface area contributed by atoms with Crippen LogP contribution in [0.3, 0.4) is 0 Å². The van der Waals surface area contributed by atoms with Gasteiger partial charge in [-0.3, -0.25) is 19.6 Å². The maximum Gasteiger partial charge on any atom is 0.180 e. The number of Topliss-reactive ketones (excluding diaryl/α,β-unsaturated/α-hetero) is 2. The molecule has 2 heterocycles. The van der Waals surface area contributed by atoms with Crippen LogP contribution >= 0.6 is 0 Å². The highest BCUT2D eigenvalue weighted by molar-refractivity contribution is 5.93. The first-order valence-electron chi connectivity index (χ1n) is 6.01. The molecular weight excluding hydrogens is 240 g/mol. The second kappa shape index (κ2) is 7.87. The van der Waals surface area contributed by atoms with Gasteiger partial charge in [-0.1, -0.05) is 19.1 Å². The molecule has 0 amide bonds. The molecule has 4 heteroatoms. The van der Waals surface area contributed by atoms with Crippen molar-refractivity contribution in [2.45, 2.75) is 20.3 Å². The number of ketones is 2. The highest BCUT2D eigenvalue weighted by Crippen LogP contribution is 1.96. The van der Waals surface area contributed by atoms with Gasteiger partial charge in [-0.15, -0.1) is 0 Å². The molecule has 98 valence electrons. The minimum atomic E-state index is 0.00981. The van der Waals surface area contributed by atoms with E-state index >= 15 is 0 Å². The Morgan fingerprint density at radius 3 is 1.79 bits per heavy atom. The summed E-state index contributed by atoms with van der Waals surface area (Å²) in [5.41, 5.74) is 1.09. The van der Waals surface area contributed by atoms with Gasteiger partial charge >= 0.3 is 0 Å². The lowest BCUT2D eigenvalue weighted by Crippen LogP contribution is -1.98. The number of nitrogens with zero attached hydrogens (tertiary/aromatic N) is 2. The third-order valence-electron chi connectivity index (χ3n) is 2.30. The Labute approximate surface area is 112 Å². The van der Waals surface area contributed by atoms with E-state index in [0.29, 0.717) is 17.8 Å². The van der Waals surface area contributed by atoms with Crippen molar-refractivity contribution in [2.75, 3.05) is 0 Å². The van der Waals surface area contributed by atoms with Crippen molar-refractivity contribution in [1.29, 1.82) is 0 Å². The summed E-state index contributed by atoms with van der Waals surface area (Å²) in [7, 11) is 0. The van der Waals surface area contributed by atoms with Gasteiger partial charge < -0.3 is 0 Å². The van der Waals surface area contributed by atoms with E-state index in [-0.39, 0.29) is 11.6 Å². The lowest BCUT2D eigenvalue weighted by atomic mass is 10.2. The van der Waals surface area contributed by atoms with E-state index in [9.17, 15) is 9.59 Å². The first-order chi connectivity index (χ1) is 9.15. The number of rotatable bonds is 3. The van der Waals surface area contributed by atoms with Crippen LogP contribution in [-0.2, 0) is 0 Å². The van der Waals surface area contributed by atoms with Crippen LogP contribution in [0.2, 0.25) is 0 Å². The van der Waals surface area contributed by atoms with Gasteiger partial charge in [0.15, 0.2) is 11.6 Å². The number of hydrogen-bond acceptors (Lipinski definition) is 4. The van der Waals surface area contributed by atoms with Gasteiger partial charge in [-0.25, -0.2) is 0 Å². The maximum absolute atomic E-state index is 11.0. The molecule has 0 unspecified atom stereocenters. The average molecular weight is 256 g/mol. The van der Waals surface area contributed by atoms with Gasteiger partial charge in [0.2, 0.25) is 0 Å². The summed E-state index contributed by atoms with van der Waals surface area (Å²) in [6, 6.07) is 10.6. The van der Waals surface area contributed by atoms with Crippen LogP contribution in [0, 0.1) is 0 Å². The van der Waals surface area contributed by atoms with Crippen LogP contribution in [0.25, 0.3) is 0 Å². The lowest BCUT2D eigenvalue weighted by Gasteiger charge is -1.92. The summed E-state index contributed by atoms with van der Waals surface area (Å²) >= 11 is 0. The van der Waals surface area contributed by atoms with Crippen LogP contribution in [0.15, 0.2) is 48.8 Å². The molecule has 0 aromatic carbocycles. The van der Waals surface area contributed by atoms with Gasteiger partial charge in [0.25, 0.3) is 0 Å². The second-order valence-electron chi connectivity index (χ2n) is 3.76. The highest BCUT2D eigenvalue weighted by atomic mass is 16.1. The molecule has 0 N–H and O–H groups in total. The second-order valence-corrected chi connectivity index (χ2v) is 3.76. The van der Waals surface area contributed by atoms with E-state index < -0.39 is 0 Å². The third kappa shape index (κ3) is 5.21. The molecule has 0 bridgehead atoms. The molecule has 0 aliphatic heterocycles. The predicted molar refractivity (Wildman–Crippen MR) is 73.1 cm³/mol. The number of carbonyl (C=O) groups excluding carboxylic acids is 2. The Kier molecular flexibility index (Phi) is 6.09. The van der Waals surface area contributed by atoms with Crippen molar-refractivity contribution in [2.24, 2.45) is 0 Å². The molecule has 2 aromatic heterocycles. The summed E-state index contributed by atoms with van der Waals surface area (Å²) in [5.74, 6) is 0.108. The molecule has 0 saturated heterocycles. The van der Waals surface area contributed by atoms with E-state index in [2.05, 4.69) is 9.97 Å². The van der Waals surface area contributed by atoms with Crippen molar-refractivity contribution in [3.8, 4) is 0 Å². The number of carbonyl (C=O) groups is 2. The van der Waals surface area contributed by atoms with Crippen molar-refractivity contribution in [1.82, 2.24) is 9.97 Å². The number of aromatic nitrogens is 2. The SMILES string of the molecule is CC(=O)c1ccccn1.CCC(=O)c1ccccn1. The first kappa shape index (κ1) is 14.7. The van der Waals surface area contributed by atoms with Crippen LogP contribution in [0.4, 0.5) is 0 Å². The largest absolute Gasteiger partial charge is 0.293 e. The van der Waals surface area contributed by atoms with Crippen molar-refractivity contribution in [3.05, 3.63) is 60.2 Å². The standard InChI is InChI=1S/C8H9NO.C7H7NO/c1-2-8(10)7-5-3-4-6-9-7;1-6(9)7-4-2-3-5-8-7/h3-6H,2H2,1H3;2-5H,1H3. The van der Waals surface area contributed by atoms with Crippen molar-refractivity contribution in [3.63, 3.8) is 0 Å².